The van der Waals surface area contributed by atoms with Crippen LogP contribution in [-0.2, 0) is 37.8 Å². The Labute approximate surface area is 337 Å². The summed E-state index contributed by atoms with van der Waals surface area (Å²) in [7, 11) is 1.36. The second-order valence-corrected chi connectivity index (χ2v) is 14.6. The van der Waals surface area contributed by atoms with Gasteiger partial charge in [0.05, 0.1) is 12.7 Å². The molecule has 0 aliphatic rings. The van der Waals surface area contributed by atoms with Crippen molar-refractivity contribution >= 4 is 5.97 Å². The summed E-state index contributed by atoms with van der Waals surface area (Å²) < 4.78 is 37.5. The summed E-state index contributed by atoms with van der Waals surface area (Å²) in [6.07, 6.45) is 0. The fourth-order valence-electron chi connectivity index (χ4n) is 6.59. The predicted molar refractivity (Wildman–Crippen MR) is 225 cm³/mol. The Kier molecular flexibility index (Phi) is 13.2. The van der Waals surface area contributed by atoms with Gasteiger partial charge >= 0.3 is 5.97 Å². The molecule has 0 saturated carbocycles. The highest BCUT2D eigenvalue weighted by molar-refractivity contribution is 5.91. The van der Waals surface area contributed by atoms with E-state index in [2.05, 4.69) is 72.7 Å². The molecule has 57 heavy (non-hydrogen) atoms. The third-order valence-electron chi connectivity index (χ3n) is 10.4. The van der Waals surface area contributed by atoms with E-state index in [1.54, 1.807) is 12.1 Å². The highest BCUT2D eigenvalue weighted by Crippen LogP contribution is 2.41. The summed E-state index contributed by atoms with van der Waals surface area (Å²) >= 11 is 0. The highest BCUT2D eigenvalue weighted by atomic mass is 16.5. The first-order valence-electron chi connectivity index (χ1n) is 19.2. The maximum Gasteiger partial charge on any atom is 0.338 e. The summed E-state index contributed by atoms with van der Waals surface area (Å²) in [5, 5.41) is 0. The lowest BCUT2D eigenvalue weighted by molar-refractivity contribution is 0.0599. The largest absolute Gasteiger partial charge is 0.489 e. The topological polar surface area (TPSA) is 72.5 Å². The molecule has 294 valence electrons. The number of carbonyl (C=O) groups is 1. The van der Waals surface area contributed by atoms with Gasteiger partial charge in [0.1, 0.15) is 44.5 Å². The van der Waals surface area contributed by atoms with Gasteiger partial charge in [0.25, 0.3) is 0 Å². The summed E-state index contributed by atoms with van der Waals surface area (Å²) in [5.74, 6) is 2.13. The average Bonchev–Trinajstić information content (AvgIpc) is 3.22. The van der Waals surface area contributed by atoms with Crippen LogP contribution in [0, 0.1) is 48.5 Å². The van der Waals surface area contributed by atoms with Gasteiger partial charge in [-0.05, 0) is 139 Å². The van der Waals surface area contributed by atoms with Gasteiger partial charge < -0.3 is 28.4 Å². The number of benzene rings is 6. The summed E-state index contributed by atoms with van der Waals surface area (Å²) in [6.45, 7) is 16.1. The lowest BCUT2D eigenvalue weighted by Gasteiger charge is -2.20. The molecular formula is C50H52O7. The fraction of sp³-hybridized carbons (Fsp3) is 0.260. The number of esters is 1. The monoisotopic (exact) mass is 764 g/mol. The number of ether oxygens (including phenoxy) is 6. The normalized spacial score (nSPS) is 10.9. The Bertz CT molecular complexity index is 2180. The first-order chi connectivity index (χ1) is 27.5. The van der Waals surface area contributed by atoms with Crippen molar-refractivity contribution in [1.82, 2.24) is 0 Å². The molecule has 7 nitrogen and oxygen atoms in total. The Hall–Kier alpha value is -6.21. The van der Waals surface area contributed by atoms with Crippen molar-refractivity contribution in [3.8, 4) is 28.7 Å². The van der Waals surface area contributed by atoms with Crippen LogP contribution in [0.5, 0.6) is 28.7 Å². The molecule has 0 saturated heterocycles. The molecule has 0 amide bonds. The van der Waals surface area contributed by atoms with Gasteiger partial charge in [-0.1, -0.05) is 84.9 Å². The van der Waals surface area contributed by atoms with Crippen molar-refractivity contribution in [1.29, 1.82) is 0 Å². The van der Waals surface area contributed by atoms with Crippen LogP contribution in [0.1, 0.15) is 77.1 Å². The van der Waals surface area contributed by atoms with Crippen LogP contribution in [0.25, 0.3) is 0 Å². The zero-order valence-electron chi connectivity index (χ0n) is 34.3. The van der Waals surface area contributed by atoms with Gasteiger partial charge in [0, 0.05) is 0 Å². The molecule has 6 rings (SSSR count). The van der Waals surface area contributed by atoms with E-state index in [1.807, 2.05) is 72.8 Å². The molecule has 7 heteroatoms. The molecule has 0 atom stereocenters. The molecule has 0 aliphatic heterocycles. The van der Waals surface area contributed by atoms with Crippen LogP contribution < -0.4 is 23.7 Å². The predicted octanol–water partition coefficient (Wildman–Crippen LogP) is 11.5. The van der Waals surface area contributed by atoms with Gasteiger partial charge in [-0.15, -0.1) is 0 Å². The van der Waals surface area contributed by atoms with Crippen LogP contribution in [-0.4, -0.2) is 13.1 Å². The van der Waals surface area contributed by atoms with Crippen LogP contribution in [0.3, 0.4) is 0 Å². The molecule has 0 bridgehead atoms. The number of aryl methyl sites for hydroxylation is 4. The van der Waals surface area contributed by atoms with Gasteiger partial charge in [-0.3, -0.25) is 0 Å². The molecule has 0 fully saturated rings. The Balaban J connectivity index is 1.32. The fourth-order valence-corrected chi connectivity index (χ4v) is 6.59. The second-order valence-electron chi connectivity index (χ2n) is 14.6. The van der Waals surface area contributed by atoms with E-state index >= 15 is 0 Å². The van der Waals surface area contributed by atoms with E-state index in [0.717, 1.165) is 61.6 Å². The highest BCUT2D eigenvalue weighted by Gasteiger charge is 2.21. The number of rotatable bonds is 16. The lowest BCUT2D eigenvalue weighted by atomic mass is 10.0. The van der Waals surface area contributed by atoms with Crippen LogP contribution in [0.2, 0.25) is 0 Å². The second kappa shape index (κ2) is 18.6. The van der Waals surface area contributed by atoms with Gasteiger partial charge in [-0.2, -0.15) is 0 Å². The molecule has 0 unspecified atom stereocenters. The minimum atomic E-state index is -0.522. The zero-order chi connectivity index (χ0) is 40.5. The van der Waals surface area contributed by atoms with Crippen molar-refractivity contribution in [2.24, 2.45) is 0 Å². The minimum Gasteiger partial charge on any atom is -0.489 e. The maximum absolute atomic E-state index is 13.1. The van der Waals surface area contributed by atoms with Crippen molar-refractivity contribution in [2.75, 3.05) is 7.11 Å². The van der Waals surface area contributed by atoms with Crippen molar-refractivity contribution in [3.63, 3.8) is 0 Å². The van der Waals surface area contributed by atoms with Crippen molar-refractivity contribution in [2.45, 2.75) is 81.5 Å². The van der Waals surface area contributed by atoms with E-state index < -0.39 is 5.97 Å². The smallest absolute Gasteiger partial charge is 0.338 e. The zero-order valence-corrected chi connectivity index (χ0v) is 34.3. The molecule has 0 spiro atoms. The summed E-state index contributed by atoms with van der Waals surface area (Å²) in [5.41, 5.74) is 13.1. The molecule has 0 N–H and O–H groups in total. The Morgan fingerprint density at radius 3 is 1.18 bits per heavy atom. The molecule has 0 aromatic heterocycles. The molecular weight excluding hydrogens is 713 g/mol. The van der Waals surface area contributed by atoms with E-state index in [1.165, 1.54) is 23.8 Å². The van der Waals surface area contributed by atoms with Crippen LogP contribution in [0.15, 0.2) is 109 Å². The third kappa shape index (κ3) is 10.4. The van der Waals surface area contributed by atoms with E-state index in [-0.39, 0.29) is 25.4 Å². The van der Waals surface area contributed by atoms with E-state index in [4.69, 9.17) is 28.4 Å². The van der Waals surface area contributed by atoms with E-state index in [0.29, 0.717) is 30.5 Å². The van der Waals surface area contributed by atoms with Gasteiger partial charge in [0.2, 0.25) is 5.75 Å². The summed E-state index contributed by atoms with van der Waals surface area (Å²) in [6, 6.07) is 35.9. The molecule has 0 heterocycles. The molecule has 0 aliphatic carbocycles. The third-order valence-corrected chi connectivity index (χ3v) is 10.4. The minimum absolute atomic E-state index is 0.186. The van der Waals surface area contributed by atoms with Crippen molar-refractivity contribution in [3.05, 3.63) is 182 Å². The molecule has 6 aromatic carbocycles. The van der Waals surface area contributed by atoms with Gasteiger partial charge in [-0.25, -0.2) is 4.79 Å². The average molecular weight is 765 g/mol. The lowest BCUT2D eigenvalue weighted by Crippen LogP contribution is -2.09. The van der Waals surface area contributed by atoms with Crippen LogP contribution in [0.4, 0.5) is 0 Å². The molecule has 0 radical (unpaired) electrons. The number of hydrogen-bond acceptors (Lipinski definition) is 7. The number of hydrogen-bond donors (Lipinski definition) is 0. The quantitative estimate of drug-likeness (QED) is 0.0909. The number of methoxy groups -OCH3 is 1. The SMILES string of the molecule is COC(=O)c1cc(OCc2cc(C)c(C)c(OCc3ccccc3)c2)c(OCc2cc(C)c(C)c(C)c2)c(OCc2cc(C)c(C)c(OCc3ccccc3)c2)c1. The summed E-state index contributed by atoms with van der Waals surface area (Å²) in [4.78, 5) is 13.1. The first kappa shape index (κ1) is 40.5. The van der Waals surface area contributed by atoms with Crippen LogP contribution >= 0.6 is 0 Å². The standard InChI is InChI=1S/C50H52O7/c1-32-19-41(20-33(2)36(32)5)31-57-49-47(55-29-42-21-34(3)37(6)45(23-42)53-27-39-15-11-9-12-16-39)25-44(50(51)52-8)26-48(49)56-30-43-22-35(4)38(7)46(24-43)54-28-40-17-13-10-14-18-40/h9-26H,27-31H2,1-8H3. The van der Waals surface area contributed by atoms with E-state index in [9.17, 15) is 4.79 Å². The number of carbonyl (C=O) groups excluding carboxylic acids is 1. The Morgan fingerprint density at radius 1 is 0.404 bits per heavy atom. The first-order valence-corrected chi connectivity index (χ1v) is 19.2. The Morgan fingerprint density at radius 2 is 0.754 bits per heavy atom. The van der Waals surface area contributed by atoms with Crippen molar-refractivity contribution < 1.29 is 33.2 Å². The van der Waals surface area contributed by atoms with Gasteiger partial charge in [0.15, 0.2) is 11.5 Å². The molecule has 6 aromatic rings. The maximum atomic E-state index is 13.1.